The van der Waals surface area contributed by atoms with E-state index in [1.165, 1.54) is 12.7 Å². The van der Waals surface area contributed by atoms with Crippen LogP contribution >= 0.6 is 0 Å². The standard InChI is InChI=1S/C27H33NO4/c1-7-8-13-28-23(20-11-9-19(10-12-20)16(2)3)22(25(30)27(28)31)24(29)21-15-17(4)14-18(5)26(21)32-6/h9-12,14-16,23,29H,7-8,13H2,1-6H3/b24-22+. The highest BCUT2D eigenvalue weighted by Crippen LogP contribution is 2.42. The van der Waals surface area contributed by atoms with Crippen molar-refractivity contribution in [1.82, 2.24) is 4.90 Å². The summed E-state index contributed by atoms with van der Waals surface area (Å²) < 4.78 is 5.54. The van der Waals surface area contributed by atoms with Gasteiger partial charge in [-0.05, 0) is 54.5 Å². The number of aliphatic hydroxyl groups excluding tert-OH is 1. The third-order valence-electron chi connectivity index (χ3n) is 6.09. The molecule has 0 spiro atoms. The zero-order chi connectivity index (χ0) is 23.6. The maximum absolute atomic E-state index is 13.2. The van der Waals surface area contributed by atoms with E-state index < -0.39 is 17.7 Å². The van der Waals surface area contributed by atoms with E-state index in [0.29, 0.717) is 23.8 Å². The number of methoxy groups -OCH3 is 1. The summed E-state index contributed by atoms with van der Waals surface area (Å²) in [6.45, 7) is 10.6. The molecule has 2 aromatic rings. The second kappa shape index (κ2) is 9.60. The first kappa shape index (κ1) is 23.6. The SMILES string of the molecule is CCCCN1C(=O)C(=O)/C(=C(/O)c2cc(C)cc(C)c2OC)C1c1ccc(C(C)C)cc1. The molecule has 5 heteroatoms. The highest BCUT2D eigenvalue weighted by Gasteiger charge is 2.46. The Bertz CT molecular complexity index is 1050. The smallest absolute Gasteiger partial charge is 0.295 e. The maximum atomic E-state index is 13.2. The van der Waals surface area contributed by atoms with Crippen molar-refractivity contribution in [1.29, 1.82) is 0 Å². The van der Waals surface area contributed by atoms with Crippen LogP contribution in [0.25, 0.3) is 5.76 Å². The zero-order valence-corrected chi connectivity index (χ0v) is 19.9. The van der Waals surface area contributed by atoms with Crippen LogP contribution in [-0.2, 0) is 9.59 Å². The van der Waals surface area contributed by atoms with E-state index in [2.05, 4.69) is 13.8 Å². The number of benzene rings is 2. The molecule has 32 heavy (non-hydrogen) atoms. The largest absolute Gasteiger partial charge is 0.507 e. The monoisotopic (exact) mass is 435 g/mol. The molecule has 1 amide bonds. The molecule has 1 heterocycles. The molecule has 1 fully saturated rings. The van der Waals surface area contributed by atoms with E-state index in [1.807, 2.05) is 51.1 Å². The molecule has 170 valence electrons. The van der Waals surface area contributed by atoms with Gasteiger partial charge in [0, 0.05) is 6.54 Å². The fraction of sp³-hybridized carbons (Fsp3) is 0.407. The second-order valence-corrected chi connectivity index (χ2v) is 8.83. The molecule has 0 saturated carbocycles. The van der Waals surface area contributed by atoms with Crippen LogP contribution in [-0.4, -0.2) is 35.4 Å². The maximum Gasteiger partial charge on any atom is 0.295 e. The van der Waals surface area contributed by atoms with E-state index in [1.54, 1.807) is 11.0 Å². The number of aryl methyl sites for hydroxylation is 2. The van der Waals surface area contributed by atoms with E-state index >= 15 is 0 Å². The van der Waals surface area contributed by atoms with Crippen LogP contribution in [0, 0.1) is 13.8 Å². The summed E-state index contributed by atoms with van der Waals surface area (Å²) in [5.74, 6) is -0.542. The average molecular weight is 436 g/mol. The molecule has 0 aromatic heterocycles. The minimum atomic E-state index is -0.655. The number of carbonyl (C=O) groups excluding carboxylic acids is 2. The number of aliphatic hydroxyl groups is 1. The topological polar surface area (TPSA) is 66.8 Å². The van der Waals surface area contributed by atoms with Gasteiger partial charge in [-0.2, -0.15) is 0 Å². The number of ether oxygens (including phenoxy) is 1. The molecule has 1 N–H and O–H groups in total. The number of likely N-dealkylation sites (tertiary alicyclic amines) is 1. The molecule has 1 unspecified atom stereocenters. The van der Waals surface area contributed by atoms with Gasteiger partial charge < -0.3 is 14.7 Å². The average Bonchev–Trinajstić information content (AvgIpc) is 3.01. The summed E-state index contributed by atoms with van der Waals surface area (Å²) in [5, 5.41) is 11.4. The summed E-state index contributed by atoms with van der Waals surface area (Å²) >= 11 is 0. The molecule has 1 saturated heterocycles. The van der Waals surface area contributed by atoms with Gasteiger partial charge in [0.2, 0.25) is 0 Å². The summed E-state index contributed by atoms with van der Waals surface area (Å²) in [6.07, 6.45) is 1.67. The predicted molar refractivity (Wildman–Crippen MR) is 127 cm³/mol. The molecule has 2 aromatic carbocycles. The molecule has 0 radical (unpaired) electrons. The normalized spacial score (nSPS) is 18.0. The number of Topliss-reactive ketones (excluding diaryl/α,β-unsaturated/α-hetero) is 1. The number of hydrogen-bond acceptors (Lipinski definition) is 4. The third-order valence-corrected chi connectivity index (χ3v) is 6.09. The number of nitrogens with zero attached hydrogens (tertiary/aromatic N) is 1. The Hall–Kier alpha value is -3.08. The van der Waals surface area contributed by atoms with Gasteiger partial charge in [0.25, 0.3) is 11.7 Å². The van der Waals surface area contributed by atoms with E-state index in [0.717, 1.165) is 29.5 Å². The third kappa shape index (κ3) is 4.29. The van der Waals surface area contributed by atoms with Crippen molar-refractivity contribution in [2.24, 2.45) is 0 Å². The zero-order valence-electron chi connectivity index (χ0n) is 19.9. The van der Waals surface area contributed by atoms with Crippen molar-refractivity contribution < 1.29 is 19.4 Å². The van der Waals surface area contributed by atoms with Crippen molar-refractivity contribution in [3.05, 3.63) is 69.8 Å². The lowest BCUT2D eigenvalue weighted by molar-refractivity contribution is -0.139. The van der Waals surface area contributed by atoms with Gasteiger partial charge in [-0.1, -0.05) is 57.5 Å². The van der Waals surface area contributed by atoms with Crippen LogP contribution in [0.1, 0.15) is 73.4 Å². The highest BCUT2D eigenvalue weighted by molar-refractivity contribution is 6.46. The lowest BCUT2D eigenvalue weighted by Gasteiger charge is -2.26. The first-order valence-corrected chi connectivity index (χ1v) is 11.2. The van der Waals surface area contributed by atoms with Crippen molar-refractivity contribution in [2.75, 3.05) is 13.7 Å². The molecular weight excluding hydrogens is 402 g/mol. The second-order valence-electron chi connectivity index (χ2n) is 8.83. The molecule has 1 aliphatic rings. The molecule has 1 aliphatic heterocycles. The Kier molecular flexibility index (Phi) is 7.07. The molecule has 0 aliphatic carbocycles. The first-order valence-electron chi connectivity index (χ1n) is 11.2. The fourth-order valence-corrected chi connectivity index (χ4v) is 4.40. The Morgan fingerprint density at radius 3 is 2.34 bits per heavy atom. The first-order chi connectivity index (χ1) is 15.2. The van der Waals surface area contributed by atoms with Gasteiger partial charge in [0.1, 0.15) is 11.5 Å². The summed E-state index contributed by atoms with van der Waals surface area (Å²) in [7, 11) is 1.54. The number of rotatable bonds is 7. The van der Waals surface area contributed by atoms with E-state index in [9.17, 15) is 14.7 Å². The Balaban J connectivity index is 2.23. The quantitative estimate of drug-likeness (QED) is 0.346. The summed E-state index contributed by atoms with van der Waals surface area (Å²) in [4.78, 5) is 27.8. The Labute approximate surface area is 190 Å². The van der Waals surface area contributed by atoms with Gasteiger partial charge >= 0.3 is 0 Å². The number of ketones is 1. The predicted octanol–water partition coefficient (Wildman–Crippen LogP) is 5.66. The van der Waals surface area contributed by atoms with Crippen molar-refractivity contribution >= 4 is 17.4 Å². The van der Waals surface area contributed by atoms with Crippen molar-refractivity contribution in [3.8, 4) is 5.75 Å². The van der Waals surface area contributed by atoms with E-state index in [-0.39, 0.29) is 11.3 Å². The van der Waals surface area contributed by atoms with Crippen LogP contribution in [0.4, 0.5) is 0 Å². The summed E-state index contributed by atoms with van der Waals surface area (Å²) in [5.41, 5.74) is 4.33. The van der Waals surface area contributed by atoms with Gasteiger partial charge in [0.15, 0.2) is 0 Å². The van der Waals surface area contributed by atoms with Gasteiger partial charge in [-0.25, -0.2) is 0 Å². The van der Waals surface area contributed by atoms with Crippen LogP contribution in [0.5, 0.6) is 5.75 Å². The lowest BCUT2D eigenvalue weighted by atomic mass is 9.92. The minimum Gasteiger partial charge on any atom is -0.507 e. The van der Waals surface area contributed by atoms with Gasteiger partial charge in [-0.3, -0.25) is 9.59 Å². The number of amides is 1. The number of unbranched alkanes of at least 4 members (excludes halogenated alkanes) is 1. The molecular formula is C27H33NO4. The minimum absolute atomic E-state index is 0.117. The number of carbonyl (C=O) groups is 2. The van der Waals surface area contributed by atoms with Crippen LogP contribution in [0.15, 0.2) is 42.0 Å². The highest BCUT2D eigenvalue weighted by atomic mass is 16.5. The van der Waals surface area contributed by atoms with Gasteiger partial charge in [0.05, 0.1) is 24.3 Å². The van der Waals surface area contributed by atoms with Crippen LogP contribution in [0.2, 0.25) is 0 Å². The van der Waals surface area contributed by atoms with E-state index in [4.69, 9.17) is 4.74 Å². The van der Waals surface area contributed by atoms with Crippen LogP contribution < -0.4 is 4.74 Å². The Morgan fingerprint density at radius 1 is 1.12 bits per heavy atom. The molecule has 3 rings (SSSR count). The van der Waals surface area contributed by atoms with Gasteiger partial charge in [-0.15, -0.1) is 0 Å². The van der Waals surface area contributed by atoms with Crippen LogP contribution in [0.3, 0.4) is 0 Å². The molecule has 1 atom stereocenters. The van der Waals surface area contributed by atoms with Crippen molar-refractivity contribution in [3.63, 3.8) is 0 Å². The molecule has 0 bridgehead atoms. The lowest BCUT2D eigenvalue weighted by Crippen LogP contribution is -2.30. The summed E-state index contributed by atoms with van der Waals surface area (Å²) in [6, 6.07) is 11.1. The Morgan fingerprint density at radius 2 is 1.78 bits per heavy atom. The van der Waals surface area contributed by atoms with Crippen molar-refractivity contribution in [2.45, 2.75) is 59.4 Å². The fourth-order valence-electron chi connectivity index (χ4n) is 4.40. The molecule has 5 nitrogen and oxygen atoms in total. The number of hydrogen-bond donors (Lipinski definition) is 1.